The predicted octanol–water partition coefficient (Wildman–Crippen LogP) is -3.23. The molecule has 0 spiro atoms. The first-order chi connectivity index (χ1) is 4.43. The Hall–Kier alpha value is 1.09. The van der Waals surface area contributed by atoms with Gasteiger partial charge in [-0.25, -0.2) is 0 Å². The summed E-state index contributed by atoms with van der Waals surface area (Å²) in [5, 5.41) is 0. The van der Waals surface area contributed by atoms with Crippen molar-refractivity contribution < 1.29 is 24.8 Å². The number of rotatable bonds is 2. The van der Waals surface area contributed by atoms with Gasteiger partial charge in [-0.2, -0.15) is 0 Å². The van der Waals surface area contributed by atoms with E-state index in [0.29, 0.717) is 0 Å². The topological polar surface area (TPSA) is 0 Å². The molecule has 0 N–H and O–H groups in total. The van der Waals surface area contributed by atoms with Gasteiger partial charge in [-0.1, -0.05) is 31.9 Å². The maximum Gasteiger partial charge on any atom is 2.00 e. The summed E-state index contributed by atoms with van der Waals surface area (Å²) in [6.07, 6.45) is 11.5. The summed E-state index contributed by atoms with van der Waals surface area (Å²) in [6.45, 7) is 2.28. The zero-order chi connectivity index (χ0) is 6.53. The first-order valence-electron chi connectivity index (χ1n) is 4.08. The monoisotopic (exact) mass is 218 g/mol. The SMILES string of the molecule is CCCC1CC=CCC1.[Cl-].[Cl-].[Mg+2]. The molecule has 0 amide bonds. The smallest absolute Gasteiger partial charge is 1.00 e. The largest absolute Gasteiger partial charge is 2.00 e. The third-order valence-electron chi connectivity index (χ3n) is 2.07. The molecule has 1 unspecified atom stereocenters. The van der Waals surface area contributed by atoms with Crippen LogP contribution in [0.3, 0.4) is 0 Å². The summed E-state index contributed by atoms with van der Waals surface area (Å²) >= 11 is 0. The molecule has 1 aliphatic carbocycles. The van der Waals surface area contributed by atoms with Crippen LogP contribution >= 0.6 is 0 Å². The third-order valence-corrected chi connectivity index (χ3v) is 2.07. The molecule has 0 saturated heterocycles. The molecule has 0 aromatic carbocycles. The van der Waals surface area contributed by atoms with Crippen molar-refractivity contribution in [2.45, 2.75) is 39.0 Å². The molecule has 68 valence electrons. The minimum atomic E-state index is 0. The summed E-state index contributed by atoms with van der Waals surface area (Å²) in [5.41, 5.74) is 0. The molecular weight excluding hydrogens is 203 g/mol. The molecule has 0 saturated carbocycles. The molecule has 0 heterocycles. The first-order valence-corrected chi connectivity index (χ1v) is 4.08. The van der Waals surface area contributed by atoms with E-state index in [0.717, 1.165) is 5.92 Å². The Morgan fingerprint density at radius 1 is 1.25 bits per heavy atom. The van der Waals surface area contributed by atoms with E-state index in [1.807, 2.05) is 0 Å². The van der Waals surface area contributed by atoms with Gasteiger partial charge >= 0.3 is 23.1 Å². The van der Waals surface area contributed by atoms with E-state index in [1.165, 1.54) is 32.1 Å². The molecule has 1 rings (SSSR count). The average Bonchev–Trinajstić information content (AvgIpc) is 1.91. The van der Waals surface area contributed by atoms with Crippen LogP contribution in [0.15, 0.2) is 12.2 Å². The van der Waals surface area contributed by atoms with E-state index < -0.39 is 0 Å². The second kappa shape index (κ2) is 12.1. The van der Waals surface area contributed by atoms with Crippen LogP contribution in [0, 0.1) is 5.92 Å². The molecule has 1 aliphatic rings. The molecule has 0 aromatic heterocycles. The van der Waals surface area contributed by atoms with Crippen molar-refractivity contribution in [2.24, 2.45) is 5.92 Å². The van der Waals surface area contributed by atoms with Crippen molar-refractivity contribution in [1.29, 1.82) is 0 Å². The number of halogens is 2. The Kier molecular flexibility index (Phi) is 18.9. The minimum absolute atomic E-state index is 0. The molecule has 0 nitrogen and oxygen atoms in total. The fourth-order valence-corrected chi connectivity index (χ4v) is 1.53. The van der Waals surface area contributed by atoms with Gasteiger partial charge in [0.25, 0.3) is 0 Å². The Morgan fingerprint density at radius 3 is 2.33 bits per heavy atom. The van der Waals surface area contributed by atoms with Gasteiger partial charge in [0.2, 0.25) is 0 Å². The fraction of sp³-hybridized carbons (Fsp3) is 0.778. The summed E-state index contributed by atoms with van der Waals surface area (Å²) in [5.74, 6) is 1.01. The average molecular weight is 219 g/mol. The van der Waals surface area contributed by atoms with Gasteiger partial charge in [0.05, 0.1) is 0 Å². The van der Waals surface area contributed by atoms with Crippen LogP contribution in [0.25, 0.3) is 0 Å². The van der Waals surface area contributed by atoms with Crippen LogP contribution in [-0.4, -0.2) is 23.1 Å². The second-order valence-corrected chi connectivity index (χ2v) is 2.94. The Morgan fingerprint density at radius 2 is 1.92 bits per heavy atom. The molecule has 12 heavy (non-hydrogen) atoms. The van der Waals surface area contributed by atoms with Crippen molar-refractivity contribution in [3.8, 4) is 0 Å². The Bertz CT molecular complexity index is 105. The van der Waals surface area contributed by atoms with Crippen LogP contribution in [0.5, 0.6) is 0 Å². The predicted molar refractivity (Wildman–Crippen MR) is 47.1 cm³/mol. The van der Waals surface area contributed by atoms with E-state index in [4.69, 9.17) is 0 Å². The zero-order valence-corrected chi connectivity index (χ0v) is 10.7. The van der Waals surface area contributed by atoms with Gasteiger partial charge in [-0.3, -0.25) is 0 Å². The molecule has 0 aliphatic heterocycles. The summed E-state index contributed by atoms with van der Waals surface area (Å²) in [6, 6.07) is 0. The maximum atomic E-state index is 2.34. The summed E-state index contributed by atoms with van der Waals surface area (Å²) in [7, 11) is 0. The molecular formula is C9H16Cl2Mg. The van der Waals surface area contributed by atoms with Crippen LogP contribution in [0.4, 0.5) is 0 Å². The van der Waals surface area contributed by atoms with Crippen molar-refractivity contribution in [3.05, 3.63) is 12.2 Å². The second-order valence-electron chi connectivity index (χ2n) is 2.94. The first kappa shape index (κ1) is 18.8. The fourth-order valence-electron chi connectivity index (χ4n) is 1.53. The number of hydrogen-bond donors (Lipinski definition) is 0. The van der Waals surface area contributed by atoms with Gasteiger partial charge in [-0.05, 0) is 25.2 Å². The van der Waals surface area contributed by atoms with Gasteiger partial charge in [-0.15, -0.1) is 0 Å². The van der Waals surface area contributed by atoms with Gasteiger partial charge in [0.15, 0.2) is 0 Å². The quantitative estimate of drug-likeness (QED) is 0.338. The van der Waals surface area contributed by atoms with Crippen LogP contribution in [-0.2, 0) is 0 Å². The summed E-state index contributed by atoms with van der Waals surface area (Å²) < 4.78 is 0. The van der Waals surface area contributed by atoms with Gasteiger partial charge in [0.1, 0.15) is 0 Å². The van der Waals surface area contributed by atoms with Crippen molar-refractivity contribution in [2.75, 3.05) is 0 Å². The molecule has 3 heteroatoms. The van der Waals surface area contributed by atoms with E-state index in [9.17, 15) is 0 Å². The van der Waals surface area contributed by atoms with E-state index in [-0.39, 0.29) is 47.9 Å². The summed E-state index contributed by atoms with van der Waals surface area (Å²) in [4.78, 5) is 0. The van der Waals surface area contributed by atoms with Crippen LogP contribution in [0.2, 0.25) is 0 Å². The number of allylic oxidation sites excluding steroid dienone is 2. The number of hydrogen-bond acceptors (Lipinski definition) is 0. The van der Waals surface area contributed by atoms with E-state index in [2.05, 4.69) is 19.1 Å². The normalized spacial score (nSPS) is 19.9. The van der Waals surface area contributed by atoms with Gasteiger partial charge < -0.3 is 24.8 Å². The molecule has 0 radical (unpaired) electrons. The van der Waals surface area contributed by atoms with Crippen molar-refractivity contribution in [1.82, 2.24) is 0 Å². The maximum absolute atomic E-state index is 2.34. The minimum Gasteiger partial charge on any atom is -1.00 e. The van der Waals surface area contributed by atoms with Crippen LogP contribution in [0.1, 0.15) is 39.0 Å². The van der Waals surface area contributed by atoms with E-state index >= 15 is 0 Å². The molecule has 0 fully saturated rings. The Labute approximate surface area is 105 Å². The molecule has 0 aromatic rings. The molecule has 1 atom stereocenters. The standard InChI is InChI=1S/C9H16.2ClH.Mg/c1-2-6-9-7-4-3-5-8-9;;;/h3-4,9H,2,5-8H2,1H3;2*1H;/q;;;+2/p-2. The third kappa shape index (κ3) is 7.72. The van der Waals surface area contributed by atoms with Crippen molar-refractivity contribution in [3.63, 3.8) is 0 Å². The Balaban J connectivity index is -0.000000270. The van der Waals surface area contributed by atoms with E-state index in [1.54, 1.807) is 0 Å². The van der Waals surface area contributed by atoms with Gasteiger partial charge in [0, 0.05) is 0 Å². The zero-order valence-electron chi connectivity index (χ0n) is 7.73. The van der Waals surface area contributed by atoms with Crippen LogP contribution < -0.4 is 24.8 Å². The molecule has 0 bridgehead atoms. The van der Waals surface area contributed by atoms with Crippen molar-refractivity contribution >= 4 is 23.1 Å².